The van der Waals surface area contributed by atoms with E-state index in [1.54, 1.807) is 7.05 Å². The Morgan fingerprint density at radius 1 is 0.963 bits per heavy atom. The van der Waals surface area contributed by atoms with Gasteiger partial charge in [0.2, 0.25) is 0 Å². The van der Waals surface area contributed by atoms with Gasteiger partial charge >= 0.3 is 0 Å². The number of hydrogen-bond donors (Lipinski definition) is 2. The van der Waals surface area contributed by atoms with Gasteiger partial charge in [-0.25, -0.2) is 4.68 Å². The van der Waals surface area contributed by atoms with E-state index in [-0.39, 0.29) is 0 Å². The number of nitrogens with one attached hydrogen (secondary N) is 2. The number of guanidine groups is 1. The molecule has 27 heavy (non-hydrogen) atoms. The summed E-state index contributed by atoms with van der Waals surface area (Å²) < 4.78 is 2.00. The van der Waals surface area contributed by atoms with Crippen LogP contribution in [0.5, 0.6) is 0 Å². The molecule has 0 spiro atoms. The maximum Gasteiger partial charge on any atom is 0.191 e. The minimum atomic E-state index is 0.690. The first-order valence-electron chi connectivity index (χ1n) is 9.28. The third kappa shape index (κ3) is 4.76. The second-order valence-corrected chi connectivity index (χ2v) is 6.48. The van der Waals surface area contributed by atoms with E-state index in [1.165, 1.54) is 11.1 Å². The first kappa shape index (κ1) is 18.7. The lowest BCUT2D eigenvalue weighted by Crippen LogP contribution is -2.38. The minimum Gasteiger partial charge on any atom is -0.356 e. The van der Waals surface area contributed by atoms with Gasteiger partial charge in [0.1, 0.15) is 0 Å². The normalized spacial score (nSPS) is 11.4. The van der Waals surface area contributed by atoms with Crippen LogP contribution in [-0.2, 0) is 13.0 Å². The molecule has 0 aliphatic rings. The van der Waals surface area contributed by atoms with Crippen molar-refractivity contribution in [3.8, 4) is 5.69 Å². The van der Waals surface area contributed by atoms with Crippen LogP contribution in [0, 0.1) is 13.8 Å². The number of nitrogens with zero attached hydrogens (tertiary/aromatic N) is 3. The van der Waals surface area contributed by atoms with Gasteiger partial charge in [-0.2, -0.15) is 5.10 Å². The standard InChI is InChI=1S/C22H27N5/c1-17-21(18(2)27(26-17)20-12-8-5-9-13-20)16-25-22(23-3)24-15-14-19-10-6-4-7-11-19/h4-13H,14-16H2,1-3H3,(H2,23,24,25). The summed E-state index contributed by atoms with van der Waals surface area (Å²) >= 11 is 0. The first-order chi connectivity index (χ1) is 13.2. The summed E-state index contributed by atoms with van der Waals surface area (Å²) in [5, 5.41) is 11.5. The predicted molar refractivity (Wildman–Crippen MR) is 111 cm³/mol. The molecule has 0 radical (unpaired) electrons. The average Bonchev–Trinajstić information content (AvgIpc) is 3.00. The summed E-state index contributed by atoms with van der Waals surface area (Å²) in [6, 6.07) is 20.7. The number of rotatable bonds is 6. The Hall–Kier alpha value is -3.08. The largest absolute Gasteiger partial charge is 0.356 e. The van der Waals surface area contributed by atoms with E-state index in [2.05, 4.69) is 65.9 Å². The van der Waals surface area contributed by atoms with Gasteiger partial charge in [0, 0.05) is 31.4 Å². The molecule has 3 rings (SSSR count). The van der Waals surface area contributed by atoms with Crippen LogP contribution in [0.25, 0.3) is 5.69 Å². The molecule has 0 amide bonds. The van der Waals surface area contributed by atoms with Gasteiger partial charge in [-0.3, -0.25) is 4.99 Å². The Labute approximate surface area is 161 Å². The van der Waals surface area contributed by atoms with Crippen LogP contribution >= 0.6 is 0 Å². The molecule has 1 heterocycles. The highest BCUT2D eigenvalue weighted by Gasteiger charge is 2.13. The summed E-state index contributed by atoms with van der Waals surface area (Å²) in [6.45, 7) is 5.69. The molecular weight excluding hydrogens is 334 g/mol. The van der Waals surface area contributed by atoms with Crippen LogP contribution in [0.15, 0.2) is 65.7 Å². The second kappa shape index (κ2) is 9.03. The molecule has 2 aromatic carbocycles. The molecule has 0 bridgehead atoms. The first-order valence-corrected chi connectivity index (χ1v) is 9.28. The molecule has 3 aromatic rings. The maximum atomic E-state index is 4.70. The maximum absolute atomic E-state index is 4.70. The molecule has 2 N–H and O–H groups in total. The van der Waals surface area contributed by atoms with Crippen LogP contribution in [0.4, 0.5) is 0 Å². The molecule has 1 aromatic heterocycles. The lowest BCUT2D eigenvalue weighted by Gasteiger charge is -2.12. The highest BCUT2D eigenvalue weighted by Crippen LogP contribution is 2.17. The van der Waals surface area contributed by atoms with Crippen LogP contribution in [-0.4, -0.2) is 29.3 Å². The van der Waals surface area contributed by atoms with E-state index in [1.807, 2.05) is 28.9 Å². The van der Waals surface area contributed by atoms with E-state index < -0.39 is 0 Å². The minimum absolute atomic E-state index is 0.690. The highest BCUT2D eigenvalue weighted by atomic mass is 15.3. The van der Waals surface area contributed by atoms with Crippen molar-refractivity contribution in [2.24, 2.45) is 4.99 Å². The van der Waals surface area contributed by atoms with Crippen molar-refractivity contribution >= 4 is 5.96 Å². The second-order valence-electron chi connectivity index (χ2n) is 6.48. The summed E-state index contributed by atoms with van der Waals surface area (Å²) in [7, 11) is 1.80. The number of benzene rings is 2. The van der Waals surface area contributed by atoms with Gasteiger partial charge in [0.25, 0.3) is 0 Å². The number of aryl methyl sites for hydroxylation is 1. The Balaban J connectivity index is 1.59. The van der Waals surface area contributed by atoms with E-state index in [4.69, 9.17) is 5.10 Å². The van der Waals surface area contributed by atoms with Crippen molar-refractivity contribution in [1.29, 1.82) is 0 Å². The van der Waals surface area contributed by atoms with Crippen molar-refractivity contribution in [2.45, 2.75) is 26.8 Å². The van der Waals surface area contributed by atoms with Gasteiger partial charge in [-0.05, 0) is 38.0 Å². The smallest absolute Gasteiger partial charge is 0.191 e. The zero-order chi connectivity index (χ0) is 19.1. The molecule has 140 valence electrons. The highest BCUT2D eigenvalue weighted by molar-refractivity contribution is 5.79. The zero-order valence-electron chi connectivity index (χ0n) is 16.2. The topological polar surface area (TPSA) is 54.2 Å². The van der Waals surface area contributed by atoms with Gasteiger partial charge < -0.3 is 10.6 Å². The molecule has 0 atom stereocenters. The Morgan fingerprint density at radius 2 is 1.63 bits per heavy atom. The van der Waals surface area contributed by atoms with Crippen molar-refractivity contribution in [3.63, 3.8) is 0 Å². The summed E-state index contributed by atoms with van der Waals surface area (Å²) in [5.41, 5.74) is 5.77. The molecule has 0 unspecified atom stereocenters. The van der Waals surface area contributed by atoms with Crippen LogP contribution < -0.4 is 10.6 Å². The van der Waals surface area contributed by atoms with Crippen molar-refractivity contribution in [2.75, 3.05) is 13.6 Å². The van der Waals surface area contributed by atoms with Crippen molar-refractivity contribution < 1.29 is 0 Å². The molecule has 0 aliphatic carbocycles. The number of para-hydroxylation sites is 1. The fraction of sp³-hybridized carbons (Fsp3) is 0.273. The van der Waals surface area contributed by atoms with Crippen molar-refractivity contribution in [1.82, 2.24) is 20.4 Å². The third-order valence-corrected chi connectivity index (χ3v) is 4.65. The SMILES string of the molecule is CN=C(NCCc1ccccc1)NCc1c(C)nn(-c2ccccc2)c1C. The fourth-order valence-electron chi connectivity index (χ4n) is 3.11. The van der Waals surface area contributed by atoms with Crippen LogP contribution in [0.2, 0.25) is 0 Å². The van der Waals surface area contributed by atoms with Gasteiger partial charge in [-0.15, -0.1) is 0 Å². The number of aromatic nitrogens is 2. The van der Waals surface area contributed by atoms with Gasteiger partial charge in [0.05, 0.1) is 11.4 Å². The van der Waals surface area contributed by atoms with E-state index in [9.17, 15) is 0 Å². The lowest BCUT2D eigenvalue weighted by atomic mass is 10.1. The van der Waals surface area contributed by atoms with E-state index in [0.29, 0.717) is 6.54 Å². The molecule has 0 saturated carbocycles. The molecule has 0 saturated heterocycles. The molecule has 0 aliphatic heterocycles. The molecular formula is C22H27N5. The predicted octanol–water partition coefficient (Wildman–Crippen LogP) is 3.40. The van der Waals surface area contributed by atoms with Crippen molar-refractivity contribution in [3.05, 3.63) is 83.2 Å². The lowest BCUT2D eigenvalue weighted by molar-refractivity contribution is 0.788. The average molecular weight is 361 g/mol. The third-order valence-electron chi connectivity index (χ3n) is 4.65. The van der Waals surface area contributed by atoms with E-state index in [0.717, 1.165) is 36.0 Å². The molecule has 0 fully saturated rings. The zero-order valence-corrected chi connectivity index (χ0v) is 16.2. The quantitative estimate of drug-likeness (QED) is 0.523. The van der Waals surface area contributed by atoms with E-state index >= 15 is 0 Å². The van der Waals surface area contributed by atoms with Crippen LogP contribution in [0.3, 0.4) is 0 Å². The van der Waals surface area contributed by atoms with Gasteiger partial charge in [-0.1, -0.05) is 48.5 Å². The summed E-state index contributed by atoms with van der Waals surface area (Å²) in [4.78, 5) is 4.33. The van der Waals surface area contributed by atoms with Gasteiger partial charge in [0.15, 0.2) is 5.96 Å². The Morgan fingerprint density at radius 3 is 2.30 bits per heavy atom. The summed E-state index contributed by atoms with van der Waals surface area (Å²) in [6.07, 6.45) is 0.964. The Bertz CT molecular complexity index is 882. The molecule has 5 heteroatoms. The van der Waals surface area contributed by atoms with Crippen LogP contribution in [0.1, 0.15) is 22.5 Å². The monoisotopic (exact) mass is 361 g/mol. The fourth-order valence-corrected chi connectivity index (χ4v) is 3.11. The summed E-state index contributed by atoms with van der Waals surface area (Å²) in [5.74, 6) is 0.803. The number of aliphatic imine (C=N–C) groups is 1. The Kier molecular flexibility index (Phi) is 6.26. The molecule has 5 nitrogen and oxygen atoms in total. The number of hydrogen-bond acceptors (Lipinski definition) is 2.